The van der Waals surface area contributed by atoms with Gasteiger partial charge in [0.2, 0.25) is 5.82 Å². The van der Waals surface area contributed by atoms with Crippen LogP contribution in [0.2, 0.25) is 0 Å². The maximum Gasteiger partial charge on any atom is 0.333 e. The Kier molecular flexibility index (Phi) is 3.23. The smallest absolute Gasteiger partial charge is 0.333 e. The number of aromatic nitrogens is 6. The molecule has 0 radical (unpaired) electrons. The van der Waals surface area contributed by atoms with Crippen molar-refractivity contribution in [3.8, 4) is 11.5 Å². The Morgan fingerprint density at radius 3 is 2.78 bits per heavy atom. The fourth-order valence-corrected chi connectivity index (χ4v) is 2.83. The van der Waals surface area contributed by atoms with Gasteiger partial charge in [-0.05, 0) is 30.3 Å². The number of fused-ring (bicyclic) bond motifs is 2. The highest BCUT2D eigenvalue weighted by molar-refractivity contribution is 5.79. The van der Waals surface area contributed by atoms with E-state index in [0.717, 1.165) is 4.52 Å². The summed E-state index contributed by atoms with van der Waals surface area (Å²) in [5.74, 6) is -3.67. The second-order valence-electron chi connectivity index (χ2n) is 5.84. The predicted molar refractivity (Wildman–Crippen MR) is 91.0 cm³/mol. The van der Waals surface area contributed by atoms with Crippen LogP contribution >= 0.6 is 0 Å². The zero-order valence-electron chi connectivity index (χ0n) is 13.6. The van der Waals surface area contributed by atoms with Gasteiger partial charge in [-0.1, -0.05) is 12.1 Å². The van der Waals surface area contributed by atoms with Gasteiger partial charge in [-0.3, -0.25) is 4.98 Å². The van der Waals surface area contributed by atoms with Gasteiger partial charge in [0.1, 0.15) is 5.69 Å². The normalized spacial score (nSPS) is 12.1. The molecule has 0 atom stereocenters. The van der Waals surface area contributed by atoms with Crippen molar-refractivity contribution in [2.24, 2.45) is 0 Å². The van der Waals surface area contributed by atoms with E-state index in [1.165, 1.54) is 24.6 Å². The van der Waals surface area contributed by atoms with Crippen molar-refractivity contribution in [3.63, 3.8) is 0 Å². The monoisotopic (exact) mass is 364 g/mol. The van der Waals surface area contributed by atoms with Gasteiger partial charge < -0.3 is 4.42 Å². The Morgan fingerprint density at radius 2 is 1.93 bits per heavy atom. The number of rotatable bonds is 3. The number of hydrogen-bond acceptors (Lipinski definition) is 6. The molecule has 4 aromatic heterocycles. The van der Waals surface area contributed by atoms with Crippen LogP contribution in [0.5, 0.6) is 0 Å². The van der Waals surface area contributed by atoms with Crippen molar-refractivity contribution >= 4 is 16.7 Å². The lowest BCUT2D eigenvalue weighted by atomic mass is 10.0. The summed E-state index contributed by atoms with van der Waals surface area (Å²) >= 11 is 0. The third kappa shape index (κ3) is 2.43. The maximum atomic E-state index is 15.2. The molecule has 0 fully saturated rings. The quantitative estimate of drug-likeness (QED) is 0.488. The Hall–Kier alpha value is -3.75. The molecule has 7 nitrogen and oxygen atoms in total. The van der Waals surface area contributed by atoms with E-state index in [4.69, 9.17) is 4.42 Å². The summed E-state index contributed by atoms with van der Waals surface area (Å²) < 4.78 is 36.6. The molecule has 27 heavy (non-hydrogen) atoms. The number of pyridine rings is 1. The van der Waals surface area contributed by atoms with Crippen LogP contribution in [0.4, 0.5) is 8.78 Å². The summed E-state index contributed by atoms with van der Waals surface area (Å²) in [5, 5.41) is 12.1. The molecule has 5 aromatic rings. The largest absolute Gasteiger partial charge is 0.463 e. The standard InChI is InChI=1S/C18H10F2N6O/c19-18(20,12-5-6-13-11(9-12)3-1-7-21-13)16-23-24-17-22-10-14(25-26(16)17)15-4-2-8-27-15/h1-10H. The zero-order valence-corrected chi connectivity index (χ0v) is 13.6. The highest BCUT2D eigenvalue weighted by Crippen LogP contribution is 2.35. The molecule has 5 rings (SSSR count). The van der Waals surface area contributed by atoms with E-state index >= 15 is 8.78 Å². The van der Waals surface area contributed by atoms with Crippen LogP contribution in [0, 0.1) is 0 Å². The van der Waals surface area contributed by atoms with E-state index in [2.05, 4.69) is 25.3 Å². The molecule has 0 spiro atoms. The molecule has 0 aliphatic carbocycles. The second-order valence-corrected chi connectivity index (χ2v) is 5.84. The van der Waals surface area contributed by atoms with Gasteiger partial charge in [-0.2, -0.15) is 18.4 Å². The number of halogens is 2. The first-order chi connectivity index (χ1) is 13.1. The fourth-order valence-electron chi connectivity index (χ4n) is 2.83. The molecule has 4 heterocycles. The molecular formula is C18H10F2N6O. The van der Waals surface area contributed by atoms with Crippen LogP contribution < -0.4 is 0 Å². The zero-order chi connectivity index (χ0) is 18.4. The lowest BCUT2D eigenvalue weighted by Crippen LogP contribution is -2.20. The topological polar surface area (TPSA) is 82.0 Å². The number of alkyl halides is 2. The van der Waals surface area contributed by atoms with Crippen molar-refractivity contribution in [3.05, 3.63) is 72.5 Å². The molecule has 0 N–H and O–H groups in total. The van der Waals surface area contributed by atoms with Crippen LogP contribution in [0.3, 0.4) is 0 Å². The van der Waals surface area contributed by atoms with E-state index in [-0.39, 0.29) is 11.3 Å². The van der Waals surface area contributed by atoms with Crippen LogP contribution in [0.25, 0.3) is 28.1 Å². The number of benzene rings is 1. The SMILES string of the molecule is FC(F)(c1ccc2ncccc2c1)c1nnc2ncc(-c3ccco3)nn12. The van der Waals surface area contributed by atoms with Crippen LogP contribution in [0.1, 0.15) is 11.4 Å². The summed E-state index contributed by atoms with van der Waals surface area (Å²) in [4.78, 5) is 8.18. The van der Waals surface area contributed by atoms with Gasteiger partial charge in [0.15, 0.2) is 5.76 Å². The molecular weight excluding hydrogens is 354 g/mol. The van der Waals surface area contributed by atoms with E-state index in [9.17, 15) is 0 Å². The summed E-state index contributed by atoms with van der Waals surface area (Å²) in [6, 6.07) is 11.0. The van der Waals surface area contributed by atoms with Gasteiger partial charge in [-0.15, -0.1) is 10.2 Å². The molecule has 0 unspecified atom stereocenters. The molecule has 0 bridgehead atoms. The third-order valence-corrected chi connectivity index (χ3v) is 4.15. The fraction of sp³-hybridized carbons (Fsp3) is 0.0556. The van der Waals surface area contributed by atoms with Gasteiger partial charge in [0, 0.05) is 17.1 Å². The van der Waals surface area contributed by atoms with Gasteiger partial charge in [0.25, 0.3) is 5.78 Å². The minimum atomic E-state index is -3.43. The van der Waals surface area contributed by atoms with E-state index in [1.54, 1.807) is 36.5 Å². The minimum Gasteiger partial charge on any atom is -0.463 e. The third-order valence-electron chi connectivity index (χ3n) is 4.15. The summed E-state index contributed by atoms with van der Waals surface area (Å²) in [7, 11) is 0. The molecule has 1 aromatic carbocycles. The average molecular weight is 364 g/mol. The van der Waals surface area contributed by atoms with Gasteiger partial charge >= 0.3 is 5.92 Å². The van der Waals surface area contributed by atoms with Crippen molar-refractivity contribution < 1.29 is 13.2 Å². The number of furan rings is 1. The average Bonchev–Trinajstić information content (AvgIpc) is 3.37. The summed E-state index contributed by atoms with van der Waals surface area (Å²) in [6.45, 7) is 0. The number of hydrogen-bond donors (Lipinski definition) is 0. The first-order valence-electron chi connectivity index (χ1n) is 7.99. The van der Waals surface area contributed by atoms with Gasteiger partial charge in [0.05, 0.1) is 18.0 Å². The number of nitrogens with zero attached hydrogens (tertiary/aromatic N) is 6. The second kappa shape index (κ2) is 5.63. The Balaban J connectivity index is 1.67. The Morgan fingerprint density at radius 1 is 1.00 bits per heavy atom. The van der Waals surface area contributed by atoms with Crippen LogP contribution in [-0.2, 0) is 5.92 Å². The molecule has 0 saturated heterocycles. The van der Waals surface area contributed by atoms with E-state index in [1.807, 2.05) is 0 Å². The van der Waals surface area contributed by atoms with Crippen molar-refractivity contribution in [1.29, 1.82) is 0 Å². The van der Waals surface area contributed by atoms with Crippen molar-refractivity contribution in [2.75, 3.05) is 0 Å². The molecule has 0 aliphatic rings. The molecule has 0 saturated carbocycles. The Labute approximate surface area is 150 Å². The molecule has 0 amide bonds. The molecule has 9 heteroatoms. The molecule has 132 valence electrons. The predicted octanol–water partition coefficient (Wildman–Crippen LogP) is 3.47. The first-order valence-corrected chi connectivity index (χ1v) is 7.99. The van der Waals surface area contributed by atoms with Crippen LogP contribution in [-0.4, -0.2) is 29.8 Å². The summed E-state index contributed by atoms with van der Waals surface area (Å²) in [6.07, 6.45) is 4.47. The highest BCUT2D eigenvalue weighted by atomic mass is 19.3. The van der Waals surface area contributed by atoms with Crippen molar-refractivity contribution in [2.45, 2.75) is 5.92 Å². The maximum absolute atomic E-state index is 15.2. The Bertz CT molecular complexity index is 1270. The van der Waals surface area contributed by atoms with Gasteiger partial charge in [-0.25, -0.2) is 4.98 Å². The lowest BCUT2D eigenvalue weighted by molar-refractivity contribution is 0.0307. The van der Waals surface area contributed by atoms with Crippen LogP contribution in [0.15, 0.2) is 65.5 Å². The van der Waals surface area contributed by atoms with Crippen molar-refractivity contribution in [1.82, 2.24) is 29.8 Å². The lowest BCUT2D eigenvalue weighted by Gasteiger charge is -2.15. The first kappa shape index (κ1) is 15.5. The molecule has 0 aliphatic heterocycles. The highest BCUT2D eigenvalue weighted by Gasteiger charge is 2.40. The summed E-state index contributed by atoms with van der Waals surface area (Å²) in [5.41, 5.74) is 0.692. The van der Waals surface area contributed by atoms with E-state index in [0.29, 0.717) is 22.4 Å². The van der Waals surface area contributed by atoms with E-state index < -0.39 is 11.7 Å². The minimum absolute atomic E-state index is 0.0255.